The first-order valence-electron chi connectivity index (χ1n) is 8.00. The van der Waals surface area contributed by atoms with Gasteiger partial charge in [-0.25, -0.2) is 0 Å². The second-order valence-electron chi connectivity index (χ2n) is 7.48. The van der Waals surface area contributed by atoms with Crippen molar-refractivity contribution in [3.63, 3.8) is 0 Å². The van der Waals surface area contributed by atoms with Gasteiger partial charge >= 0.3 is 0 Å². The zero-order valence-corrected chi connectivity index (χ0v) is 15.2. The first-order valence-corrected chi connectivity index (χ1v) is 8.00. The van der Waals surface area contributed by atoms with E-state index in [1.54, 1.807) is 0 Å². The normalized spacial score (nSPS) is 17.2. The highest BCUT2D eigenvalue weighted by Crippen LogP contribution is 2.25. The van der Waals surface area contributed by atoms with Crippen LogP contribution in [0.2, 0.25) is 0 Å². The van der Waals surface area contributed by atoms with Crippen molar-refractivity contribution in [3.05, 3.63) is 35.9 Å². The highest BCUT2D eigenvalue weighted by Gasteiger charge is 2.39. The van der Waals surface area contributed by atoms with Gasteiger partial charge in [0.15, 0.2) is 0 Å². The molecule has 0 unspecified atom stereocenters. The van der Waals surface area contributed by atoms with Crippen LogP contribution in [0.25, 0.3) is 0 Å². The van der Waals surface area contributed by atoms with Crippen LogP contribution in [0.15, 0.2) is 30.3 Å². The van der Waals surface area contributed by atoms with Crippen LogP contribution in [0.3, 0.4) is 0 Å². The van der Waals surface area contributed by atoms with Crippen LogP contribution in [-0.2, 0) is 16.1 Å². The molecule has 1 aromatic carbocycles. The standard InChI is InChI=1S/C18H28N2O2.ClH/c1-17(2,3)14-20(13-15-7-5-4-6-8-15)16(21)18(19)9-11-22-12-10-18;/h4-8H,9-14,19H2,1-3H3;1H. The van der Waals surface area contributed by atoms with Gasteiger partial charge in [-0.2, -0.15) is 0 Å². The summed E-state index contributed by atoms with van der Waals surface area (Å²) in [4.78, 5) is 15.0. The molecule has 2 rings (SSSR count). The van der Waals surface area contributed by atoms with Crippen molar-refractivity contribution in [1.82, 2.24) is 4.90 Å². The summed E-state index contributed by atoms with van der Waals surface area (Å²) >= 11 is 0. The summed E-state index contributed by atoms with van der Waals surface area (Å²) < 4.78 is 5.36. The van der Waals surface area contributed by atoms with E-state index in [0.29, 0.717) is 39.1 Å². The van der Waals surface area contributed by atoms with Crippen LogP contribution in [0, 0.1) is 5.41 Å². The molecule has 2 N–H and O–H groups in total. The molecule has 1 aliphatic heterocycles. The number of nitrogens with zero attached hydrogens (tertiary/aromatic N) is 1. The van der Waals surface area contributed by atoms with E-state index < -0.39 is 5.54 Å². The lowest BCUT2D eigenvalue weighted by molar-refractivity contribution is -0.142. The SMILES string of the molecule is CC(C)(C)CN(Cc1ccccc1)C(=O)C1(N)CCOCC1.Cl. The third-order valence-electron chi connectivity index (χ3n) is 3.98. The third kappa shape index (κ3) is 5.79. The molecule has 1 amide bonds. The number of nitrogens with two attached hydrogens (primary N) is 1. The van der Waals surface area contributed by atoms with Crippen molar-refractivity contribution in [2.75, 3.05) is 19.8 Å². The molecule has 0 aromatic heterocycles. The van der Waals surface area contributed by atoms with E-state index >= 15 is 0 Å². The van der Waals surface area contributed by atoms with Crippen LogP contribution in [-0.4, -0.2) is 36.1 Å². The van der Waals surface area contributed by atoms with Gasteiger partial charge in [0.25, 0.3) is 0 Å². The van der Waals surface area contributed by atoms with Gasteiger partial charge in [-0.1, -0.05) is 51.1 Å². The lowest BCUT2D eigenvalue weighted by Gasteiger charge is -2.39. The predicted molar refractivity (Wildman–Crippen MR) is 95.5 cm³/mol. The topological polar surface area (TPSA) is 55.6 Å². The van der Waals surface area contributed by atoms with Gasteiger partial charge < -0.3 is 15.4 Å². The van der Waals surface area contributed by atoms with Gasteiger partial charge in [0.1, 0.15) is 0 Å². The Labute approximate surface area is 145 Å². The predicted octanol–water partition coefficient (Wildman–Crippen LogP) is 2.99. The minimum absolute atomic E-state index is 0. The number of carbonyl (C=O) groups excluding carboxylic acids is 1. The molecule has 130 valence electrons. The Bertz CT molecular complexity index is 493. The molecular formula is C18H29ClN2O2. The van der Waals surface area contributed by atoms with E-state index in [-0.39, 0.29) is 23.7 Å². The van der Waals surface area contributed by atoms with Crippen LogP contribution in [0.4, 0.5) is 0 Å². The first kappa shape index (κ1) is 19.9. The maximum Gasteiger partial charge on any atom is 0.243 e. The van der Waals surface area contributed by atoms with Gasteiger partial charge in [-0.05, 0) is 23.8 Å². The minimum atomic E-state index is -0.779. The van der Waals surface area contributed by atoms with Crippen LogP contribution in [0.5, 0.6) is 0 Å². The monoisotopic (exact) mass is 340 g/mol. The largest absolute Gasteiger partial charge is 0.381 e. The lowest BCUT2D eigenvalue weighted by atomic mass is 9.88. The lowest BCUT2D eigenvalue weighted by Crippen LogP contribution is -2.58. The quantitative estimate of drug-likeness (QED) is 0.916. The Kier molecular flexibility index (Phi) is 7.05. The van der Waals surface area contributed by atoms with Crippen molar-refractivity contribution in [3.8, 4) is 0 Å². The minimum Gasteiger partial charge on any atom is -0.381 e. The number of hydrogen-bond donors (Lipinski definition) is 1. The van der Waals surface area contributed by atoms with Gasteiger partial charge in [-0.3, -0.25) is 4.79 Å². The molecular weight excluding hydrogens is 312 g/mol. The van der Waals surface area contributed by atoms with Crippen molar-refractivity contribution >= 4 is 18.3 Å². The first-order chi connectivity index (χ1) is 10.3. The molecule has 23 heavy (non-hydrogen) atoms. The highest BCUT2D eigenvalue weighted by atomic mass is 35.5. The maximum absolute atomic E-state index is 13.0. The van der Waals surface area contributed by atoms with Gasteiger partial charge in [0, 0.05) is 26.3 Å². The second-order valence-corrected chi connectivity index (χ2v) is 7.48. The summed E-state index contributed by atoms with van der Waals surface area (Å²) in [6, 6.07) is 10.1. The Morgan fingerprint density at radius 3 is 2.30 bits per heavy atom. The molecule has 1 fully saturated rings. The van der Waals surface area contributed by atoms with E-state index in [1.165, 1.54) is 0 Å². The fraction of sp³-hybridized carbons (Fsp3) is 0.611. The summed E-state index contributed by atoms with van der Waals surface area (Å²) in [5, 5.41) is 0. The Hall–Kier alpha value is -1.10. The Morgan fingerprint density at radius 1 is 1.22 bits per heavy atom. The maximum atomic E-state index is 13.0. The van der Waals surface area contributed by atoms with Crippen molar-refractivity contribution < 1.29 is 9.53 Å². The second kappa shape index (κ2) is 8.13. The van der Waals surface area contributed by atoms with Crippen LogP contribution < -0.4 is 5.73 Å². The molecule has 0 bridgehead atoms. The molecule has 0 spiro atoms. The molecule has 1 heterocycles. The van der Waals surface area contributed by atoms with Crippen molar-refractivity contribution in [1.29, 1.82) is 0 Å². The molecule has 0 atom stereocenters. The van der Waals surface area contributed by atoms with E-state index in [0.717, 1.165) is 5.56 Å². The average Bonchev–Trinajstić information content (AvgIpc) is 2.46. The summed E-state index contributed by atoms with van der Waals surface area (Å²) in [6.07, 6.45) is 1.20. The van der Waals surface area contributed by atoms with E-state index in [9.17, 15) is 4.79 Å². The Balaban J connectivity index is 0.00000264. The van der Waals surface area contributed by atoms with E-state index in [4.69, 9.17) is 10.5 Å². The molecule has 1 aromatic rings. The van der Waals surface area contributed by atoms with Crippen molar-refractivity contribution in [2.45, 2.75) is 45.7 Å². The molecule has 4 nitrogen and oxygen atoms in total. The molecule has 1 saturated heterocycles. The molecule has 1 aliphatic rings. The van der Waals surface area contributed by atoms with E-state index in [2.05, 4.69) is 32.9 Å². The average molecular weight is 341 g/mol. The number of benzene rings is 1. The summed E-state index contributed by atoms with van der Waals surface area (Å²) in [5.74, 6) is 0.0505. The van der Waals surface area contributed by atoms with E-state index in [1.807, 2.05) is 23.1 Å². The van der Waals surface area contributed by atoms with Crippen LogP contribution in [0.1, 0.15) is 39.2 Å². The number of halogens is 1. The molecule has 0 aliphatic carbocycles. The summed E-state index contributed by atoms with van der Waals surface area (Å²) in [6.45, 7) is 8.87. The molecule has 5 heteroatoms. The highest BCUT2D eigenvalue weighted by molar-refractivity contribution is 5.86. The number of hydrogen-bond acceptors (Lipinski definition) is 3. The van der Waals surface area contributed by atoms with Crippen LogP contribution >= 0.6 is 12.4 Å². The fourth-order valence-corrected chi connectivity index (χ4v) is 2.84. The van der Waals surface area contributed by atoms with Gasteiger partial charge in [0.05, 0.1) is 5.54 Å². The number of amides is 1. The van der Waals surface area contributed by atoms with Gasteiger partial charge in [0.2, 0.25) is 5.91 Å². The zero-order chi connectivity index (χ0) is 16.2. The third-order valence-corrected chi connectivity index (χ3v) is 3.98. The molecule has 0 radical (unpaired) electrons. The zero-order valence-electron chi connectivity index (χ0n) is 14.4. The fourth-order valence-electron chi connectivity index (χ4n) is 2.84. The smallest absolute Gasteiger partial charge is 0.243 e. The summed E-state index contributed by atoms with van der Waals surface area (Å²) in [5.41, 5.74) is 6.79. The molecule has 0 saturated carbocycles. The van der Waals surface area contributed by atoms with Gasteiger partial charge in [-0.15, -0.1) is 12.4 Å². The summed E-state index contributed by atoms with van der Waals surface area (Å²) in [7, 11) is 0. The number of ether oxygens (including phenoxy) is 1. The number of carbonyl (C=O) groups is 1. The number of rotatable bonds is 4. The Morgan fingerprint density at radius 2 is 1.78 bits per heavy atom. The van der Waals surface area contributed by atoms with Crippen molar-refractivity contribution in [2.24, 2.45) is 11.1 Å².